The molecule has 0 aliphatic carbocycles. The van der Waals surface area contributed by atoms with Gasteiger partial charge in [-0.2, -0.15) is 0 Å². The standard InChI is InChI=1S/C12H14N2O2/c1-14-7-10(13-8-14)9-4-5-11(15-2)12(6-9)16-3/h4-8H,1-3H3. The zero-order chi connectivity index (χ0) is 11.5. The highest BCUT2D eigenvalue weighted by Crippen LogP contribution is 2.31. The fourth-order valence-electron chi connectivity index (χ4n) is 1.56. The first kappa shape index (κ1) is 10.5. The van der Waals surface area contributed by atoms with E-state index in [4.69, 9.17) is 9.47 Å². The van der Waals surface area contributed by atoms with E-state index in [0.717, 1.165) is 17.0 Å². The first-order valence-corrected chi connectivity index (χ1v) is 4.95. The number of aromatic nitrogens is 2. The molecule has 0 saturated heterocycles. The number of ether oxygens (including phenoxy) is 2. The molecule has 4 heteroatoms. The summed E-state index contributed by atoms with van der Waals surface area (Å²) in [6.45, 7) is 0. The Balaban J connectivity index is 2.43. The Bertz CT molecular complexity index is 492. The summed E-state index contributed by atoms with van der Waals surface area (Å²) >= 11 is 0. The summed E-state index contributed by atoms with van der Waals surface area (Å²) in [5.41, 5.74) is 1.93. The molecule has 0 radical (unpaired) electrons. The van der Waals surface area contributed by atoms with Crippen LogP contribution < -0.4 is 9.47 Å². The van der Waals surface area contributed by atoms with Crippen LogP contribution in [0, 0.1) is 0 Å². The second-order valence-electron chi connectivity index (χ2n) is 3.49. The molecule has 0 aliphatic rings. The van der Waals surface area contributed by atoms with Gasteiger partial charge in [0, 0.05) is 18.8 Å². The molecule has 16 heavy (non-hydrogen) atoms. The maximum Gasteiger partial charge on any atom is 0.161 e. The van der Waals surface area contributed by atoms with Gasteiger partial charge in [0.05, 0.1) is 26.2 Å². The molecule has 1 heterocycles. The minimum atomic E-state index is 0.714. The predicted octanol–water partition coefficient (Wildman–Crippen LogP) is 2.10. The Labute approximate surface area is 94.4 Å². The highest BCUT2D eigenvalue weighted by atomic mass is 16.5. The van der Waals surface area contributed by atoms with Crippen LogP contribution >= 0.6 is 0 Å². The minimum absolute atomic E-state index is 0.714. The van der Waals surface area contributed by atoms with Crippen LogP contribution in [0.2, 0.25) is 0 Å². The molecule has 0 fully saturated rings. The second-order valence-corrected chi connectivity index (χ2v) is 3.49. The van der Waals surface area contributed by atoms with Gasteiger partial charge in [-0.1, -0.05) is 0 Å². The quantitative estimate of drug-likeness (QED) is 0.791. The highest BCUT2D eigenvalue weighted by Gasteiger charge is 2.07. The zero-order valence-corrected chi connectivity index (χ0v) is 9.60. The van der Waals surface area contributed by atoms with Crippen molar-refractivity contribution in [3.05, 3.63) is 30.7 Å². The monoisotopic (exact) mass is 218 g/mol. The lowest BCUT2D eigenvalue weighted by atomic mass is 10.1. The van der Waals surface area contributed by atoms with E-state index in [1.165, 1.54) is 0 Å². The van der Waals surface area contributed by atoms with E-state index in [1.807, 2.05) is 36.0 Å². The highest BCUT2D eigenvalue weighted by molar-refractivity contribution is 5.63. The van der Waals surface area contributed by atoms with Crippen molar-refractivity contribution in [3.63, 3.8) is 0 Å². The van der Waals surface area contributed by atoms with Crippen molar-refractivity contribution in [2.24, 2.45) is 7.05 Å². The van der Waals surface area contributed by atoms with Crippen molar-refractivity contribution in [1.29, 1.82) is 0 Å². The molecule has 2 rings (SSSR count). The van der Waals surface area contributed by atoms with Crippen LogP contribution in [0.15, 0.2) is 30.7 Å². The summed E-state index contributed by atoms with van der Waals surface area (Å²) in [5, 5.41) is 0. The van der Waals surface area contributed by atoms with Crippen molar-refractivity contribution >= 4 is 0 Å². The molecule has 1 aromatic heterocycles. The first-order chi connectivity index (χ1) is 7.74. The number of benzene rings is 1. The third-order valence-electron chi connectivity index (χ3n) is 2.38. The van der Waals surface area contributed by atoms with E-state index in [-0.39, 0.29) is 0 Å². The van der Waals surface area contributed by atoms with Gasteiger partial charge < -0.3 is 14.0 Å². The van der Waals surface area contributed by atoms with Crippen LogP contribution in [-0.2, 0) is 7.05 Å². The maximum absolute atomic E-state index is 5.25. The summed E-state index contributed by atoms with van der Waals surface area (Å²) in [6, 6.07) is 5.76. The van der Waals surface area contributed by atoms with Crippen LogP contribution in [0.3, 0.4) is 0 Å². The van der Waals surface area contributed by atoms with E-state index >= 15 is 0 Å². The molecule has 0 unspecified atom stereocenters. The molecular formula is C12H14N2O2. The van der Waals surface area contributed by atoms with Gasteiger partial charge in [-0.3, -0.25) is 0 Å². The van der Waals surface area contributed by atoms with Crippen LogP contribution in [0.25, 0.3) is 11.3 Å². The summed E-state index contributed by atoms with van der Waals surface area (Å²) in [5.74, 6) is 1.44. The van der Waals surface area contributed by atoms with Gasteiger partial charge >= 0.3 is 0 Å². The topological polar surface area (TPSA) is 36.3 Å². The van der Waals surface area contributed by atoms with Crippen molar-refractivity contribution in [2.45, 2.75) is 0 Å². The molecule has 0 atom stereocenters. The molecule has 1 aromatic carbocycles. The molecule has 0 amide bonds. The summed E-state index contributed by atoms with van der Waals surface area (Å²) in [4.78, 5) is 4.28. The third kappa shape index (κ3) is 1.86. The molecular weight excluding hydrogens is 204 g/mol. The Morgan fingerprint density at radius 2 is 1.88 bits per heavy atom. The molecule has 0 aliphatic heterocycles. The lowest BCUT2D eigenvalue weighted by Gasteiger charge is -2.08. The van der Waals surface area contributed by atoms with E-state index < -0.39 is 0 Å². The van der Waals surface area contributed by atoms with Crippen molar-refractivity contribution in [1.82, 2.24) is 9.55 Å². The average molecular weight is 218 g/mol. The van der Waals surface area contributed by atoms with Crippen LogP contribution in [0.5, 0.6) is 11.5 Å². The van der Waals surface area contributed by atoms with Crippen molar-refractivity contribution in [2.75, 3.05) is 14.2 Å². The lowest BCUT2D eigenvalue weighted by Crippen LogP contribution is -1.90. The summed E-state index contributed by atoms with van der Waals surface area (Å²) in [6.07, 6.45) is 3.73. The number of nitrogens with zero attached hydrogens (tertiary/aromatic N) is 2. The number of methoxy groups -OCH3 is 2. The SMILES string of the molecule is COc1ccc(-c2cn(C)cn2)cc1OC. The van der Waals surface area contributed by atoms with Crippen molar-refractivity contribution in [3.8, 4) is 22.8 Å². The van der Waals surface area contributed by atoms with Gasteiger partial charge in [-0.25, -0.2) is 4.98 Å². The fourth-order valence-corrected chi connectivity index (χ4v) is 1.56. The van der Waals surface area contributed by atoms with Gasteiger partial charge in [0.1, 0.15) is 0 Å². The Hall–Kier alpha value is -1.97. The summed E-state index contributed by atoms with van der Waals surface area (Å²) < 4.78 is 12.3. The van der Waals surface area contributed by atoms with E-state index in [9.17, 15) is 0 Å². The lowest BCUT2D eigenvalue weighted by molar-refractivity contribution is 0.355. The Morgan fingerprint density at radius 1 is 1.12 bits per heavy atom. The zero-order valence-electron chi connectivity index (χ0n) is 9.60. The van der Waals surface area contributed by atoms with Crippen LogP contribution in [0.4, 0.5) is 0 Å². The van der Waals surface area contributed by atoms with Crippen LogP contribution in [0.1, 0.15) is 0 Å². The Kier molecular flexibility index (Phi) is 2.81. The largest absolute Gasteiger partial charge is 0.493 e. The number of rotatable bonds is 3. The second kappa shape index (κ2) is 4.26. The molecule has 0 N–H and O–H groups in total. The maximum atomic E-state index is 5.25. The molecule has 2 aromatic rings. The fraction of sp³-hybridized carbons (Fsp3) is 0.250. The number of hydrogen-bond donors (Lipinski definition) is 0. The van der Waals surface area contributed by atoms with Gasteiger partial charge in [-0.15, -0.1) is 0 Å². The first-order valence-electron chi connectivity index (χ1n) is 4.95. The van der Waals surface area contributed by atoms with Crippen molar-refractivity contribution < 1.29 is 9.47 Å². The molecule has 0 saturated carbocycles. The summed E-state index contributed by atoms with van der Waals surface area (Å²) in [7, 11) is 5.19. The van der Waals surface area contributed by atoms with E-state index in [0.29, 0.717) is 5.75 Å². The Morgan fingerprint density at radius 3 is 2.44 bits per heavy atom. The third-order valence-corrected chi connectivity index (χ3v) is 2.38. The number of imidazole rings is 1. The molecule has 4 nitrogen and oxygen atoms in total. The van der Waals surface area contributed by atoms with E-state index in [2.05, 4.69) is 4.98 Å². The molecule has 0 spiro atoms. The van der Waals surface area contributed by atoms with Gasteiger partial charge in [0.15, 0.2) is 11.5 Å². The molecule has 84 valence electrons. The van der Waals surface area contributed by atoms with E-state index in [1.54, 1.807) is 20.5 Å². The minimum Gasteiger partial charge on any atom is -0.493 e. The van der Waals surface area contributed by atoms with Gasteiger partial charge in [0.2, 0.25) is 0 Å². The smallest absolute Gasteiger partial charge is 0.161 e. The average Bonchev–Trinajstić information content (AvgIpc) is 2.75. The normalized spacial score (nSPS) is 10.2. The number of aryl methyl sites for hydroxylation is 1. The van der Waals surface area contributed by atoms with Gasteiger partial charge in [0.25, 0.3) is 0 Å². The van der Waals surface area contributed by atoms with Crippen LogP contribution in [-0.4, -0.2) is 23.8 Å². The number of hydrogen-bond acceptors (Lipinski definition) is 3. The van der Waals surface area contributed by atoms with Gasteiger partial charge in [-0.05, 0) is 18.2 Å². The predicted molar refractivity (Wildman–Crippen MR) is 61.7 cm³/mol. The molecule has 0 bridgehead atoms.